The molecule has 3 fully saturated rings. The van der Waals surface area contributed by atoms with Gasteiger partial charge in [-0.15, -0.1) is 0 Å². The first kappa shape index (κ1) is 36.3. The zero-order valence-electron chi connectivity index (χ0n) is 31.4. The highest BCUT2D eigenvalue weighted by molar-refractivity contribution is 5.92. The monoisotopic (exact) mass is 691 g/mol. The second kappa shape index (κ2) is 13.4. The number of cyclic esters (lactones) is 1. The quantitative estimate of drug-likeness (QED) is 0.213. The fourth-order valence-corrected chi connectivity index (χ4v) is 10.5. The van der Waals surface area contributed by atoms with E-state index < -0.39 is 23.3 Å². The largest absolute Gasteiger partial charge is 0.450 e. The van der Waals surface area contributed by atoms with Crippen LogP contribution in [0.15, 0.2) is 51.6 Å². The lowest BCUT2D eigenvalue weighted by atomic mass is 9.56. The Morgan fingerprint density at radius 1 is 0.940 bits per heavy atom. The summed E-state index contributed by atoms with van der Waals surface area (Å²) in [6.07, 6.45) is 14.0. The normalized spacial score (nSPS) is 47.0. The molecular weight excluding hydrogens is 630 g/mol. The van der Waals surface area contributed by atoms with Gasteiger partial charge in [-0.1, -0.05) is 37.6 Å². The van der Waals surface area contributed by atoms with Crippen molar-refractivity contribution in [2.75, 3.05) is 6.54 Å². The van der Waals surface area contributed by atoms with E-state index in [0.29, 0.717) is 49.5 Å². The standard InChI is InChI=1S/C42H61NO7/c1-25-9-8-10-37-40(23-28(4)29(5)24-43-37)15-13-33(36-21-27(3)38(45)47-36)30(6)34(40)20-26(2)35(44)22-32-12-16-41(48-32)17-18-42(50-41)39(7,46)14-11-31(19-25)49-42/h20-21,28-29,31-32,34-36,44,46H,1,8-19,22-24H2,2-7H3/b26-20-/t28-,29+,31?,32?,34?,35?,36?,39?,40?,41?,42?/m1/s1. The lowest BCUT2D eigenvalue weighted by Gasteiger charge is -2.49. The van der Waals surface area contributed by atoms with Gasteiger partial charge < -0.3 is 29.2 Å². The predicted octanol–water partition coefficient (Wildman–Crippen LogP) is 7.83. The Balaban J connectivity index is 1.27. The van der Waals surface area contributed by atoms with Gasteiger partial charge in [-0.25, -0.2) is 4.79 Å². The number of allylic oxidation sites excluding steroid dienone is 2. The van der Waals surface area contributed by atoms with Crippen LogP contribution in [0.25, 0.3) is 0 Å². The maximum absolute atomic E-state index is 12.5. The smallest absolute Gasteiger partial charge is 0.334 e. The molecule has 11 atom stereocenters. The maximum atomic E-state index is 12.5. The fourth-order valence-electron chi connectivity index (χ4n) is 10.5. The van der Waals surface area contributed by atoms with Gasteiger partial charge in [0.1, 0.15) is 11.7 Å². The molecule has 8 heteroatoms. The number of hydrogen-bond acceptors (Lipinski definition) is 8. The first-order valence-corrected chi connectivity index (χ1v) is 19.6. The summed E-state index contributed by atoms with van der Waals surface area (Å²) in [5.41, 5.74) is 5.21. The zero-order valence-corrected chi connectivity index (χ0v) is 31.4. The number of carbonyl (C=O) groups is 1. The van der Waals surface area contributed by atoms with Crippen molar-refractivity contribution in [1.82, 2.24) is 0 Å². The van der Waals surface area contributed by atoms with Gasteiger partial charge in [-0.3, -0.25) is 4.99 Å². The van der Waals surface area contributed by atoms with Crippen molar-refractivity contribution >= 4 is 11.7 Å². The van der Waals surface area contributed by atoms with E-state index in [2.05, 4.69) is 40.3 Å². The molecule has 3 saturated heterocycles. The zero-order chi connectivity index (χ0) is 35.6. The van der Waals surface area contributed by atoms with Crippen LogP contribution in [0, 0.1) is 23.2 Å². The molecule has 0 saturated carbocycles. The van der Waals surface area contributed by atoms with Crippen molar-refractivity contribution in [2.24, 2.45) is 28.2 Å². The van der Waals surface area contributed by atoms with Crippen LogP contribution in [-0.4, -0.2) is 70.0 Å². The third kappa shape index (κ3) is 6.44. The van der Waals surface area contributed by atoms with Crippen LogP contribution in [0.1, 0.15) is 131 Å². The van der Waals surface area contributed by atoms with Crippen molar-refractivity contribution in [1.29, 1.82) is 0 Å². The fraction of sp³-hybridized carbons (Fsp3) is 0.762. The Labute approximate surface area is 299 Å². The van der Waals surface area contributed by atoms with Gasteiger partial charge in [0.25, 0.3) is 0 Å². The number of aliphatic hydroxyl groups is 2. The van der Waals surface area contributed by atoms with Crippen LogP contribution in [0.3, 0.4) is 0 Å². The van der Waals surface area contributed by atoms with Gasteiger partial charge in [-0.05, 0) is 121 Å². The first-order chi connectivity index (χ1) is 23.6. The Kier molecular flexibility index (Phi) is 9.71. The van der Waals surface area contributed by atoms with E-state index in [-0.39, 0.29) is 35.6 Å². The summed E-state index contributed by atoms with van der Waals surface area (Å²) in [6.45, 7) is 18.0. The second-order valence-electron chi connectivity index (χ2n) is 17.5. The molecule has 6 heterocycles. The lowest BCUT2D eigenvalue weighted by molar-refractivity contribution is -0.387. The van der Waals surface area contributed by atoms with E-state index in [1.165, 1.54) is 22.4 Å². The Morgan fingerprint density at radius 2 is 1.72 bits per heavy atom. The number of nitrogens with zero attached hydrogens (tertiary/aromatic N) is 1. The van der Waals surface area contributed by atoms with Gasteiger partial charge >= 0.3 is 5.97 Å². The third-order valence-electron chi connectivity index (χ3n) is 14.0. The van der Waals surface area contributed by atoms with E-state index in [4.69, 9.17) is 23.9 Å². The average molecular weight is 692 g/mol. The molecule has 0 amide bonds. The SMILES string of the molecule is C=C1CCCC2=NC[C@H](C)[C@H](C)CC23CCC(C2C=C(C)C(=O)O2)=C(C)C3/C=C(/C)C(O)CC2CCC3(CCC4(OC(CCC4(C)O)C1)O3)O2. The first-order valence-electron chi connectivity index (χ1n) is 19.6. The van der Waals surface area contributed by atoms with Crippen molar-refractivity contribution in [3.05, 3.63) is 46.6 Å². The molecule has 0 aromatic carbocycles. The predicted molar refractivity (Wildman–Crippen MR) is 193 cm³/mol. The minimum Gasteiger partial charge on any atom is -0.450 e. The van der Waals surface area contributed by atoms with Crippen LogP contribution in [0.4, 0.5) is 0 Å². The number of aliphatic imine (C=N–C) groups is 1. The summed E-state index contributed by atoms with van der Waals surface area (Å²) in [5.74, 6) is -1.16. The van der Waals surface area contributed by atoms with E-state index in [0.717, 1.165) is 69.9 Å². The molecule has 2 N–H and O–H groups in total. The third-order valence-corrected chi connectivity index (χ3v) is 14.0. The number of aliphatic hydroxyl groups excluding tert-OH is 1. The summed E-state index contributed by atoms with van der Waals surface area (Å²) >= 11 is 0. The Hall–Kier alpha value is -2.10. The molecule has 3 spiro atoms. The van der Waals surface area contributed by atoms with E-state index in [9.17, 15) is 15.0 Å². The molecule has 0 radical (unpaired) electrons. The van der Waals surface area contributed by atoms with Gasteiger partial charge in [0.2, 0.25) is 5.79 Å². The Morgan fingerprint density at radius 3 is 2.48 bits per heavy atom. The maximum Gasteiger partial charge on any atom is 0.334 e. The molecule has 0 aromatic heterocycles. The molecule has 9 unspecified atom stereocenters. The number of fused-ring (bicyclic) bond motifs is 2. The van der Waals surface area contributed by atoms with E-state index >= 15 is 0 Å². The van der Waals surface area contributed by atoms with Crippen molar-refractivity contribution in [3.8, 4) is 0 Å². The number of ether oxygens (including phenoxy) is 4. The minimum atomic E-state index is -1.11. The summed E-state index contributed by atoms with van der Waals surface area (Å²) < 4.78 is 26.1. The highest BCUT2D eigenvalue weighted by atomic mass is 16.8. The number of carbonyl (C=O) groups excluding carboxylic acids is 1. The van der Waals surface area contributed by atoms with Gasteiger partial charge in [0, 0.05) is 54.8 Å². The number of hydrogen-bond donors (Lipinski definition) is 2. The molecule has 7 aliphatic rings. The molecule has 276 valence electrons. The molecule has 4 bridgehead atoms. The van der Waals surface area contributed by atoms with Crippen molar-refractivity contribution < 1.29 is 34.0 Å². The number of rotatable bonds is 1. The molecule has 7 rings (SSSR count). The highest BCUT2D eigenvalue weighted by Gasteiger charge is 2.64. The van der Waals surface area contributed by atoms with E-state index in [1.807, 2.05) is 19.9 Å². The molecule has 6 aliphatic heterocycles. The van der Waals surface area contributed by atoms with Crippen LogP contribution in [0.2, 0.25) is 0 Å². The molecule has 50 heavy (non-hydrogen) atoms. The van der Waals surface area contributed by atoms with Crippen LogP contribution < -0.4 is 0 Å². The van der Waals surface area contributed by atoms with Crippen LogP contribution >= 0.6 is 0 Å². The summed E-state index contributed by atoms with van der Waals surface area (Å²) in [7, 11) is 0. The molecule has 1 aliphatic carbocycles. The lowest BCUT2D eigenvalue weighted by Crippen LogP contribution is -2.60. The minimum absolute atomic E-state index is 0.0226. The van der Waals surface area contributed by atoms with Crippen LogP contribution in [-0.2, 0) is 23.7 Å². The second-order valence-corrected chi connectivity index (χ2v) is 17.5. The molecular formula is C42H61NO7. The topological polar surface area (TPSA) is 107 Å². The summed E-state index contributed by atoms with van der Waals surface area (Å²) in [5, 5.41) is 23.4. The summed E-state index contributed by atoms with van der Waals surface area (Å²) in [6, 6.07) is 0. The van der Waals surface area contributed by atoms with Gasteiger partial charge in [0.15, 0.2) is 5.79 Å². The molecule has 8 nitrogen and oxygen atoms in total. The van der Waals surface area contributed by atoms with E-state index in [1.54, 1.807) is 0 Å². The number of esters is 1. The van der Waals surface area contributed by atoms with Gasteiger partial charge in [0.05, 0.1) is 18.3 Å². The summed E-state index contributed by atoms with van der Waals surface area (Å²) in [4.78, 5) is 18.0. The Bertz CT molecular complexity index is 1510. The van der Waals surface area contributed by atoms with Crippen molar-refractivity contribution in [2.45, 2.75) is 173 Å². The van der Waals surface area contributed by atoms with Crippen molar-refractivity contribution in [3.63, 3.8) is 0 Å². The van der Waals surface area contributed by atoms with Gasteiger partial charge in [-0.2, -0.15) is 0 Å². The average Bonchev–Trinajstić information content (AvgIpc) is 3.71. The highest BCUT2D eigenvalue weighted by Crippen LogP contribution is 2.56. The van der Waals surface area contributed by atoms with Crippen LogP contribution in [0.5, 0.6) is 0 Å². The molecule has 0 aromatic rings.